The molecule has 1 fully saturated rings. The number of phenols is 2. The maximum atomic E-state index is 12.7. The number of methoxy groups -OCH3 is 1. The summed E-state index contributed by atoms with van der Waals surface area (Å²) in [6.07, 6.45) is -8.13. The Morgan fingerprint density at radius 3 is 2.24 bits per heavy atom. The maximum Gasteiger partial charge on any atom is 0.238 e. The Morgan fingerprint density at radius 1 is 0.941 bits per heavy atom. The summed E-state index contributed by atoms with van der Waals surface area (Å²) in [6, 6.07) is 7.20. The zero-order chi connectivity index (χ0) is 24.7. The van der Waals surface area contributed by atoms with Crippen molar-refractivity contribution in [1.82, 2.24) is 0 Å². The van der Waals surface area contributed by atoms with Crippen LogP contribution in [0.4, 0.5) is 0 Å². The predicted molar refractivity (Wildman–Crippen MR) is 114 cm³/mol. The van der Waals surface area contributed by atoms with Crippen LogP contribution in [0, 0.1) is 0 Å². The van der Waals surface area contributed by atoms with Gasteiger partial charge in [-0.15, -0.1) is 0 Å². The number of ether oxygens (including phenoxy) is 3. The molecule has 0 radical (unpaired) electrons. The van der Waals surface area contributed by atoms with E-state index in [1.807, 2.05) is 0 Å². The van der Waals surface area contributed by atoms with Gasteiger partial charge in [0.2, 0.25) is 23.2 Å². The first-order valence-electron chi connectivity index (χ1n) is 10.0. The summed E-state index contributed by atoms with van der Waals surface area (Å²) in [5.41, 5.74) is -1.01. The molecular formula is C22H22O12. The first-order valence-corrected chi connectivity index (χ1v) is 10.0. The smallest absolute Gasteiger partial charge is 0.238 e. The van der Waals surface area contributed by atoms with Crippen molar-refractivity contribution in [3.05, 3.63) is 40.6 Å². The van der Waals surface area contributed by atoms with E-state index in [0.29, 0.717) is 11.3 Å². The average Bonchev–Trinajstić information content (AvgIpc) is 2.84. The predicted octanol–water partition coefficient (Wildman–Crippen LogP) is -0.236. The Hall–Kier alpha value is -3.55. The first-order chi connectivity index (χ1) is 16.2. The van der Waals surface area contributed by atoms with Gasteiger partial charge in [0.1, 0.15) is 41.1 Å². The molecular weight excluding hydrogens is 456 g/mol. The fourth-order valence-corrected chi connectivity index (χ4v) is 3.61. The van der Waals surface area contributed by atoms with Crippen molar-refractivity contribution in [2.75, 3.05) is 13.7 Å². The van der Waals surface area contributed by atoms with E-state index in [0.717, 1.165) is 6.07 Å². The van der Waals surface area contributed by atoms with Crippen LogP contribution in [0.15, 0.2) is 39.5 Å². The molecule has 3 aromatic rings. The third-order valence-electron chi connectivity index (χ3n) is 5.52. The van der Waals surface area contributed by atoms with E-state index < -0.39 is 71.1 Å². The number of hydrogen-bond donors (Lipinski definition) is 7. The molecule has 1 aliphatic heterocycles. The van der Waals surface area contributed by atoms with E-state index in [9.17, 15) is 40.5 Å². The maximum absolute atomic E-state index is 12.7. The Morgan fingerprint density at radius 2 is 1.62 bits per heavy atom. The molecule has 0 spiro atoms. The summed E-state index contributed by atoms with van der Waals surface area (Å²) in [4.78, 5) is 12.7. The highest BCUT2D eigenvalue weighted by molar-refractivity contribution is 5.91. The van der Waals surface area contributed by atoms with Gasteiger partial charge in [0.05, 0.1) is 13.7 Å². The third-order valence-corrected chi connectivity index (χ3v) is 5.52. The van der Waals surface area contributed by atoms with Gasteiger partial charge in [0.25, 0.3) is 0 Å². The molecule has 0 amide bonds. The Kier molecular flexibility index (Phi) is 6.25. The molecule has 12 nitrogen and oxygen atoms in total. The molecule has 34 heavy (non-hydrogen) atoms. The van der Waals surface area contributed by atoms with Crippen molar-refractivity contribution in [2.45, 2.75) is 30.7 Å². The van der Waals surface area contributed by atoms with Crippen LogP contribution in [-0.4, -0.2) is 80.2 Å². The Bertz CT molecular complexity index is 1250. The number of aliphatic hydroxyl groups excluding tert-OH is 4. The molecule has 5 atom stereocenters. The molecule has 2 aromatic carbocycles. The van der Waals surface area contributed by atoms with Crippen molar-refractivity contribution in [2.24, 2.45) is 0 Å². The van der Waals surface area contributed by atoms with Crippen LogP contribution in [0.1, 0.15) is 0 Å². The molecule has 1 aromatic heterocycles. The summed E-state index contributed by atoms with van der Waals surface area (Å²) >= 11 is 0. The van der Waals surface area contributed by atoms with Crippen LogP contribution in [0.25, 0.3) is 22.3 Å². The lowest BCUT2D eigenvalue weighted by atomic mass is 9.99. The second kappa shape index (κ2) is 9.00. The van der Waals surface area contributed by atoms with Gasteiger partial charge in [0.15, 0.2) is 17.3 Å². The number of fused-ring (bicyclic) bond motifs is 1. The number of phenolic OH excluding ortho intramolecular Hbond substituents is 2. The molecule has 1 aliphatic rings. The molecule has 182 valence electrons. The van der Waals surface area contributed by atoms with E-state index in [2.05, 4.69) is 0 Å². The number of benzene rings is 2. The lowest BCUT2D eigenvalue weighted by molar-refractivity contribution is -0.277. The van der Waals surface area contributed by atoms with Crippen molar-refractivity contribution in [1.29, 1.82) is 0 Å². The van der Waals surface area contributed by atoms with Crippen molar-refractivity contribution >= 4 is 11.0 Å². The molecule has 4 rings (SSSR count). The van der Waals surface area contributed by atoms with Gasteiger partial charge in [0, 0.05) is 11.6 Å². The topological polar surface area (TPSA) is 200 Å². The minimum atomic E-state index is -1.79. The quantitative estimate of drug-likeness (QED) is 0.238. The van der Waals surface area contributed by atoms with Gasteiger partial charge >= 0.3 is 0 Å². The first kappa shape index (κ1) is 23.6. The van der Waals surface area contributed by atoms with Crippen molar-refractivity contribution in [3.63, 3.8) is 0 Å². The number of rotatable bonds is 5. The van der Waals surface area contributed by atoms with Crippen LogP contribution in [0.5, 0.6) is 28.7 Å². The monoisotopic (exact) mass is 478 g/mol. The molecule has 7 N–H and O–H groups in total. The lowest BCUT2D eigenvalue weighted by Gasteiger charge is -2.39. The highest BCUT2D eigenvalue weighted by atomic mass is 16.7. The largest absolute Gasteiger partial charge is 0.504 e. The van der Waals surface area contributed by atoms with Gasteiger partial charge in [-0.25, -0.2) is 0 Å². The van der Waals surface area contributed by atoms with Gasteiger partial charge in [-0.1, -0.05) is 0 Å². The normalized spacial score (nSPS) is 24.8. The number of hydrogen-bond acceptors (Lipinski definition) is 12. The number of aromatic hydroxyl groups is 3. The fourth-order valence-electron chi connectivity index (χ4n) is 3.61. The van der Waals surface area contributed by atoms with Gasteiger partial charge < -0.3 is 54.4 Å². The standard InChI is InChI=1S/C22H22O12/c1-31-9-4-2-8(3-5-9)21-19(29)17(27)13-10(32-21)6-11(14(24)16(13)26)33-22-20(30)18(28)15(25)12(7-23)34-22/h2-6,12,15,18,20,22-26,28-30H,7H2,1H3/t12-,15+,18+,20-,22-/m1/s1. The van der Waals surface area contributed by atoms with Crippen LogP contribution in [-0.2, 0) is 4.74 Å². The van der Waals surface area contributed by atoms with E-state index in [1.54, 1.807) is 12.1 Å². The van der Waals surface area contributed by atoms with E-state index >= 15 is 0 Å². The average molecular weight is 478 g/mol. The van der Waals surface area contributed by atoms with Crippen molar-refractivity contribution < 1.29 is 54.4 Å². The van der Waals surface area contributed by atoms with Crippen LogP contribution < -0.4 is 14.9 Å². The number of aliphatic hydroxyl groups is 4. The molecule has 0 saturated carbocycles. The second-order valence-corrected chi connectivity index (χ2v) is 7.60. The Labute approximate surface area is 191 Å². The molecule has 1 saturated heterocycles. The molecule has 0 aliphatic carbocycles. The summed E-state index contributed by atoms with van der Waals surface area (Å²) in [5, 5.41) is 69.9. The fraction of sp³-hybridized carbons (Fsp3) is 0.318. The molecule has 12 heteroatoms. The highest BCUT2D eigenvalue weighted by Gasteiger charge is 2.45. The van der Waals surface area contributed by atoms with Crippen LogP contribution in [0.3, 0.4) is 0 Å². The van der Waals surface area contributed by atoms with Gasteiger partial charge in [-0.2, -0.15) is 0 Å². The zero-order valence-electron chi connectivity index (χ0n) is 17.7. The summed E-state index contributed by atoms with van der Waals surface area (Å²) in [6.45, 7) is -0.709. The second-order valence-electron chi connectivity index (χ2n) is 7.60. The zero-order valence-corrected chi connectivity index (χ0v) is 17.7. The van der Waals surface area contributed by atoms with Crippen molar-refractivity contribution in [3.8, 4) is 40.1 Å². The minimum absolute atomic E-state index is 0.232. The summed E-state index contributed by atoms with van der Waals surface area (Å²) in [7, 11) is 1.47. The SMILES string of the molecule is COc1ccc(-c2oc3cc(O[C@@H]4O[C@H](CO)[C@H](O)[C@H](O)[C@H]4O)c(O)c(O)c3c(=O)c2O)cc1. The third kappa shape index (κ3) is 3.87. The summed E-state index contributed by atoms with van der Waals surface area (Å²) in [5.74, 6) is -2.94. The van der Waals surface area contributed by atoms with Crippen LogP contribution >= 0.6 is 0 Å². The Balaban J connectivity index is 1.79. The molecule has 0 unspecified atom stereocenters. The lowest BCUT2D eigenvalue weighted by Crippen LogP contribution is -2.60. The van der Waals surface area contributed by atoms with E-state index in [4.69, 9.17) is 18.6 Å². The minimum Gasteiger partial charge on any atom is -0.504 e. The summed E-state index contributed by atoms with van der Waals surface area (Å²) < 4.78 is 21.3. The van der Waals surface area contributed by atoms with Crippen LogP contribution in [0.2, 0.25) is 0 Å². The van der Waals surface area contributed by atoms with Gasteiger partial charge in [-0.3, -0.25) is 4.79 Å². The van der Waals surface area contributed by atoms with E-state index in [-0.39, 0.29) is 11.3 Å². The highest BCUT2D eigenvalue weighted by Crippen LogP contribution is 2.44. The van der Waals surface area contributed by atoms with E-state index in [1.165, 1.54) is 19.2 Å². The molecule has 0 bridgehead atoms. The molecule has 2 heterocycles. The van der Waals surface area contributed by atoms with Gasteiger partial charge in [-0.05, 0) is 24.3 Å².